The Morgan fingerprint density at radius 3 is 2.47 bits per heavy atom. The first-order valence-electron chi connectivity index (χ1n) is 11.5. The number of rotatable bonds is 5. The van der Waals surface area contributed by atoms with Crippen molar-refractivity contribution < 1.29 is 29.3 Å². The Balaban J connectivity index is 0.000000408. The highest BCUT2D eigenvalue weighted by atomic mass is 16.5. The highest BCUT2D eigenvalue weighted by molar-refractivity contribution is 6.27. The minimum absolute atomic E-state index is 0.0608. The summed E-state index contributed by atoms with van der Waals surface area (Å²) in [5.41, 5.74) is 4.04. The van der Waals surface area contributed by atoms with Crippen LogP contribution in [0.3, 0.4) is 0 Å². The number of nitrogens with zero attached hydrogens (tertiary/aromatic N) is 1. The fraction of sp³-hybridized carbons (Fsp3) is 0.385. The average molecular weight is 467 g/mol. The molecule has 0 saturated carbocycles. The number of fused-ring (bicyclic) bond motifs is 2. The largest absolute Gasteiger partial charge is 0.493 e. The van der Waals surface area contributed by atoms with Crippen LogP contribution in [0.1, 0.15) is 30.4 Å². The van der Waals surface area contributed by atoms with Gasteiger partial charge in [-0.1, -0.05) is 30.3 Å². The highest BCUT2D eigenvalue weighted by Gasteiger charge is 2.38. The van der Waals surface area contributed by atoms with Gasteiger partial charge in [-0.25, -0.2) is 9.59 Å². The molecule has 0 unspecified atom stereocenters. The smallest absolute Gasteiger partial charge is 0.414 e. The van der Waals surface area contributed by atoms with Crippen molar-refractivity contribution in [2.75, 3.05) is 26.2 Å². The van der Waals surface area contributed by atoms with Crippen molar-refractivity contribution in [2.45, 2.75) is 37.9 Å². The van der Waals surface area contributed by atoms with Crippen LogP contribution < -0.4 is 4.74 Å². The van der Waals surface area contributed by atoms with Crippen LogP contribution in [0.15, 0.2) is 54.7 Å². The maximum Gasteiger partial charge on any atom is 0.414 e. The molecule has 2 aliphatic rings. The molecule has 8 heteroatoms. The molecule has 0 amide bonds. The van der Waals surface area contributed by atoms with Crippen LogP contribution in [-0.2, 0) is 27.4 Å². The number of nitrogens with one attached hydrogen (secondary N) is 1. The van der Waals surface area contributed by atoms with Crippen LogP contribution in [0.2, 0.25) is 0 Å². The number of aliphatic carboxylic acids is 2. The molecule has 0 atom stereocenters. The van der Waals surface area contributed by atoms with Gasteiger partial charge in [0.1, 0.15) is 5.75 Å². The number of carboxylic acid groups (broad SMARTS) is 2. The van der Waals surface area contributed by atoms with Crippen LogP contribution in [0, 0.1) is 0 Å². The zero-order chi connectivity index (χ0) is 24.0. The van der Waals surface area contributed by atoms with Crippen LogP contribution in [-0.4, -0.2) is 63.9 Å². The van der Waals surface area contributed by atoms with E-state index in [0.717, 1.165) is 75.2 Å². The van der Waals surface area contributed by atoms with E-state index < -0.39 is 11.9 Å². The van der Waals surface area contributed by atoms with E-state index in [1.807, 2.05) is 12.3 Å². The second-order valence-corrected chi connectivity index (χ2v) is 8.77. The number of carbonyl (C=O) groups is 2. The summed E-state index contributed by atoms with van der Waals surface area (Å²) in [6.07, 6.45) is 6.35. The van der Waals surface area contributed by atoms with Crippen molar-refractivity contribution >= 4 is 22.8 Å². The zero-order valence-electron chi connectivity index (χ0n) is 19.0. The standard InChI is InChI=1S/C24H28N2O2.C2H2O4/c1-2-6-20-18-28-24(17-19(20)5-1)10-14-26(15-11-24)13-4-16-27-23-8-3-7-22-21(23)9-12-25-22;3-1(4)2(5)6/h1-3,5-9,12,25H,4,10-11,13-18H2;(H,3,4)(H,5,6). The third kappa shape index (κ3) is 5.76. The monoisotopic (exact) mass is 466 g/mol. The van der Waals surface area contributed by atoms with Crippen LogP contribution >= 0.6 is 0 Å². The summed E-state index contributed by atoms with van der Waals surface area (Å²) in [6, 6.07) is 17.0. The molecule has 3 heterocycles. The molecule has 34 heavy (non-hydrogen) atoms. The lowest BCUT2D eigenvalue weighted by Gasteiger charge is -2.44. The lowest BCUT2D eigenvalue weighted by molar-refractivity contribution is -0.159. The minimum atomic E-state index is -1.82. The van der Waals surface area contributed by atoms with E-state index in [-0.39, 0.29) is 5.60 Å². The first-order chi connectivity index (χ1) is 16.5. The fourth-order valence-electron chi connectivity index (χ4n) is 4.66. The lowest BCUT2D eigenvalue weighted by Crippen LogP contribution is -2.49. The van der Waals surface area contributed by atoms with E-state index in [0.29, 0.717) is 0 Å². The molecule has 8 nitrogen and oxygen atoms in total. The minimum Gasteiger partial charge on any atom is -0.493 e. The van der Waals surface area contributed by atoms with Crippen molar-refractivity contribution in [1.82, 2.24) is 9.88 Å². The van der Waals surface area contributed by atoms with Gasteiger partial charge in [0.05, 0.1) is 18.8 Å². The van der Waals surface area contributed by atoms with E-state index in [2.05, 4.69) is 52.3 Å². The number of aromatic amines is 1. The summed E-state index contributed by atoms with van der Waals surface area (Å²) in [6.45, 7) is 4.87. The number of carboxylic acids is 2. The Bertz CT molecular complexity index is 1120. The Morgan fingerprint density at radius 2 is 1.74 bits per heavy atom. The average Bonchev–Trinajstić information content (AvgIpc) is 3.33. The van der Waals surface area contributed by atoms with E-state index in [4.69, 9.17) is 29.3 Å². The third-order valence-corrected chi connectivity index (χ3v) is 6.55. The number of hydrogen-bond donors (Lipinski definition) is 3. The molecule has 2 aliphatic heterocycles. The first kappa shape index (κ1) is 23.8. The second-order valence-electron chi connectivity index (χ2n) is 8.77. The van der Waals surface area contributed by atoms with Gasteiger partial charge in [0.2, 0.25) is 0 Å². The number of aromatic nitrogens is 1. The molecule has 0 radical (unpaired) electrons. The summed E-state index contributed by atoms with van der Waals surface area (Å²) >= 11 is 0. The molecular formula is C26H30N2O6. The van der Waals surface area contributed by atoms with Crippen LogP contribution in [0.4, 0.5) is 0 Å². The van der Waals surface area contributed by atoms with E-state index in [9.17, 15) is 0 Å². The molecule has 0 aliphatic carbocycles. The summed E-state index contributed by atoms with van der Waals surface area (Å²) in [7, 11) is 0. The lowest BCUT2D eigenvalue weighted by atomic mass is 9.82. The molecule has 0 bridgehead atoms. The third-order valence-electron chi connectivity index (χ3n) is 6.55. The quantitative estimate of drug-likeness (QED) is 0.388. The van der Waals surface area contributed by atoms with Crippen LogP contribution in [0.25, 0.3) is 10.9 Å². The number of ether oxygens (including phenoxy) is 2. The second kappa shape index (κ2) is 10.7. The Labute approximate surface area is 198 Å². The van der Waals surface area contributed by atoms with Gasteiger partial charge in [-0.3, -0.25) is 0 Å². The Morgan fingerprint density at radius 1 is 1.00 bits per heavy atom. The summed E-state index contributed by atoms with van der Waals surface area (Å²) in [4.78, 5) is 24.0. The van der Waals surface area contributed by atoms with Crippen LogP contribution in [0.5, 0.6) is 5.75 Å². The maximum absolute atomic E-state index is 9.10. The molecule has 3 aromatic rings. The Hall–Kier alpha value is -3.36. The topological polar surface area (TPSA) is 112 Å². The predicted octanol–water partition coefficient (Wildman–Crippen LogP) is 3.70. The number of piperidine rings is 1. The molecule has 1 aromatic heterocycles. The van der Waals surface area contributed by atoms with E-state index in [1.54, 1.807) is 0 Å². The zero-order valence-corrected chi connectivity index (χ0v) is 19.0. The van der Waals surface area contributed by atoms with Crippen molar-refractivity contribution in [3.05, 3.63) is 65.9 Å². The molecule has 3 N–H and O–H groups in total. The number of likely N-dealkylation sites (tertiary alicyclic amines) is 1. The first-order valence-corrected chi connectivity index (χ1v) is 11.5. The maximum atomic E-state index is 9.10. The summed E-state index contributed by atoms with van der Waals surface area (Å²) < 4.78 is 12.4. The van der Waals surface area contributed by atoms with Crippen molar-refractivity contribution in [1.29, 1.82) is 0 Å². The van der Waals surface area contributed by atoms with Crippen molar-refractivity contribution in [2.24, 2.45) is 0 Å². The van der Waals surface area contributed by atoms with Gasteiger partial charge in [0.15, 0.2) is 0 Å². The molecule has 2 aromatic carbocycles. The number of benzene rings is 2. The van der Waals surface area contributed by atoms with Gasteiger partial charge in [-0.05, 0) is 48.6 Å². The van der Waals surface area contributed by atoms with Gasteiger partial charge in [-0.2, -0.15) is 0 Å². The van der Waals surface area contributed by atoms with E-state index in [1.165, 1.54) is 11.1 Å². The Kier molecular flexibility index (Phi) is 7.49. The highest BCUT2D eigenvalue weighted by Crippen LogP contribution is 2.36. The van der Waals surface area contributed by atoms with E-state index >= 15 is 0 Å². The van der Waals surface area contributed by atoms with Gasteiger partial charge >= 0.3 is 11.9 Å². The molecule has 180 valence electrons. The molecule has 1 fully saturated rings. The summed E-state index contributed by atoms with van der Waals surface area (Å²) in [5.74, 6) is -2.67. The van der Waals surface area contributed by atoms with Gasteiger partial charge in [-0.15, -0.1) is 0 Å². The van der Waals surface area contributed by atoms with Crippen molar-refractivity contribution in [3.8, 4) is 5.75 Å². The van der Waals surface area contributed by atoms with Gasteiger partial charge < -0.3 is 29.6 Å². The predicted molar refractivity (Wildman–Crippen MR) is 127 cm³/mol. The molecule has 1 saturated heterocycles. The number of H-pyrrole nitrogens is 1. The summed E-state index contributed by atoms with van der Waals surface area (Å²) in [5, 5.41) is 15.9. The normalized spacial score (nSPS) is 16.9. The fourth-order valence-corrected chi connectivity index (χ4v) is 4.66. The van der Waals surface area contributed by atoms with Gasteiger partial charge in [0.25, 0.3) is 0 Å². The van der Waals surface area contributed by atoms with Crippen molar-refractivity contribution in [3.63, 3.8) is 0 Å². The van der Waals surface area contributed by atoms with Gasteiger partial charge in [0, 0.05) is 43.2 Å². The number of hydrogen-bond acceptors (Lipinski definition) is 5. The molecule has 5 rings (SSSR count). The molecule has 1 spiro atoms. The SMILES string of the molecule is O=C(O)C(=O)O.c1ccc2c(c1)COC1(CCN(CCCOc3cccc4[nH]ccc34)CC1)C2. The molecular weight excluding hydrogens is 436 g/mol.